The van der Waals surface area contributed by atoms with E-state index in [-0.39, 0.29) is 29.8 Å². The summed E-state index contributed by atoms with van der Waals surface area (Å²) in [6.45, 7) is 3.77. The lowest BCUT2D eigenvalue weighted by Crippen LogP contribution is -2.71. The number of hydrogen-bond donors (Lipinski definition) is 3. The van der Waals surface area contributed by atoms with Gasteiger partial charge in [0.25, 0.3) is 5.91 Å². The zero-order valence-electron chi connectivity index (χ0n) is 21.7. The number of thioether (sulfide) groups is 1. The minimum Gasteiger partial charge on any atom is -0.508 e. The van der Waals surface area contributed by atoms with Crippen LogP contribution in [0.4, 0.5) is 5.69 Å². The molecule has 0 bridgehead atoms. The highest BCUT2D eigenvalue weighted by Crippen LogP contribution is 2.42. The molecule has 3 aromatic carbocycles. The summed E-state index contributed by atoms with van der Waals surface area (Å²) in [6.07, 6.45) is 1.48. The molecule has 5 rings (SSSR count). The van der Waals surface area contributed by atoms with Crippen molar-refractivity contribution < 1.29 is 24.2 Å². The van der Waals surface area contributed by atoms with Crippen LogP contribution < -0.4 is 10.6 Å². The highest BCUT2D eigenvalue weighted by molar-refractivity contribution is 8.00. The number of fused-ring (bicyclic) bond motifs is 1. The normalized spacial score (nSPS) is 18.0. The lowest BCUT2D eigenvalue weighted by Gasteiger charge is -2.49. The molecule has 0 aliphatic carbocycles. The van der Waals surface area contributed by atoms with Crippen molar-refractivity contribution in [1.29, 1.82) is 0 Å². The third-order valence-corrected chi connectivity index (χ3v) is 8.04. The van der Waals surface area contributed by atoms with Crippen molar-refractivity contribution in [3.8, 4) is 5.75 Å². The van der Waals surface area contributed by atoms with Gasteiger partial charge in [0.05, 0.1) is 6.54 Å². The van der Waals surface area contributed by atoms with Crippen LogP contribution in [0.5, 0.6) is 5.75 Å². The molecule has 3 aromatic rings. The van der Waals surface area contributed by atoms with E-state index < -0.39 is 23.5 Å². The second kappa shape index (κ2) is 12.1. The van der Waals surface area contributed by atoms with Crippen LogP contribution in [-0.2, 0) is 19.1 Å². The van der Waals surface area contributed by atoms with Crippen LogP contribution in [0, 0.1) is 0 Å². The summed E-state index contributed by atoms with van der Waals surface area (Å²) in [4.78, 5) is 41.1. The Kier molecular flexibility index (Phi) is 8.21. The van der Waals surface area contributed by atoms with Gasteiger partial charge in [-0.3, -0.25) is 14.5 Å². The van der Waals surface area contributed by atoms with Crippen molar-refractivity contribution in [3.63, 3.8) is 0 Å². The number of nitrogens with one attached hydrogen (secondary N) is 2. The molecule has 2 aliphatic heterocycles. The molecule has 2 atom stereocenters. The number of carbonyl (C=O) groups is 3. The molecule has 1 saturated heterocycles. The Hall–Kier alpha value is -4.50. The van der Waals surface area contributed by atoms with Gasteiger partial charge >= 0.3 is 5.97 Å². The Labute approximate surface area is 236 Å². The number of ether oxygens (including phenoxy) is 1. The fourth-order valence-corrected chi connectivity index (χ4v) is 6.10. The van der Waals surface area contributed by atoms with E-state index in [1.807, 2.05) is 60.7 Å². The van der Waals surface area contributed by atoms with Gasteiger partial charge in [0, 0.05) is 11.4 Å². The van der Waals surface area contributed by atoms with Gasteiger partial charge in [-0.15, -0.1) is 18.3 Å². The number of phenols is 1. The second-order valence-electron chi connectivity index (χ2n) is 9.41. The van der Waals surface area contributed by atoms with Gasteiger partial charge in [0.15, 0.2) is 6.10 Å². The number of rotatable bonds is 10. The van der Waals surface area contributed by atoms with Gasteiger partial charge < -0.3 is 20.5 Å². The smallest absolute Gasteiger partial charge is 0.356 e. The molecule has 0 spiro atoms. The van der Waals surface area contributed by atoms with Crippen molar-refractivity contribution in [2.75, 3.05) is 17.6 Å². The average Bonchev–Trinajstić information content (AvgIpc) is 2.99. The number of benzene rings is 3. The standard InChI is InChI=1S/C31H29N3O5S/c1-2-9-22-19-40-30-26(33-25(36)18-32-23-14-16-24(35)17-15-23)29(37)34(30)27(22)31(38)39-28(20-10-5-3-6-11-20)21-12-7-4-8-13-21/h2-8,10-17,26,28,30,32,35H,1,9,18-19H2,(H,33,36)/t26?,30-/m0/s1. The Morgan fingerprint density at radius 1 is 1.02 bits per heavy atom. The molecular formula is C31H29N3O5S. The van der Waals surface area contributed by atoms with Crippen molar-refractivity contribution in [2.45, 2.75) is 23.9 Å². The minimum atomic E-state index is -0.758. The number of phenolic OH excluding ortho intramolecular Hbond substituents is 1. The number of carbonyl (C=O) groups excluding carboxylic acids is 3. The molecule has 204 valence electrons. The summed E-state index contributed by atoms with van der Waals surface area (Å²) >= 11 is 1.49. The molecule has 2 aliphatic rings. The van der Waals surface area contributed by atoms with Gasteiger partial charge in [-0.2, -0.15) is 0 Å². The van der Waals surface area contributed by atoms with Crippen LogP contribution in [0.1, 0.15) is 23.7 Å². The van der Waals surface area contributed by atoms with E-state index in [0.717, 1.165) is 16.7 Å². The minimum absolute atomic E-state index is 0.0474. The molecule has 8 nitrogen and oxygen atoms in total. The summed E-state index contributed by atoms with van der Waals surface area (Å²) in [6, 6.07) is 24.5. The molecule has 2 heterocycles. The van der Waals surface area contributed by atoms with E-state index in [0.29, 0.717) is 17.9 Å². The van der Waals surface area contributed by atoms with Crippen molar-refractivity contribution in [1.82, 2.24) is 10.2 Å². The molecule has 0 radical (unpaired) electrons. The van der Waals surface area contributed by atoms with Crippen LogP contribution in [0.15, 0.2) is 109 Å². The first-order valence-corrected chi connectivity index (χ1v) is 13.9. The number of aromatic hydroxyl groups is 1. The molecule has 40 heavy (non-hydrogen) atoms. The van der Waals surface area contributed by atoms with Crippen LogP contribution in [0.2, 0.25) is 0 Å². The van der Waals surface area contributed by atoms with Gasteiger partial charge in [-0.05, 0) is 47.4 Å². The number of hydrogen-bond acceptors (Lipinski definition) is 7. The monoisotopic (exact) mass is 555 g/mol. The molecule has 1 fully saturated rings. The summed E-state index contributed by atoms with van der Waals surface area (Å²) in [5.74, 6) is -0.678. The predicted molar refractivity (Wildman–Crippen MR) is 154 cm³/mol. The first-order chi connectivity index (χ1) is 19.5. The van der Waals surface area contributed by atoms with Crippen LogP contribution in [-0.4, -0.2) is 51.5 Å². The van der Waals surface area contributed by atoms with Gasteiger partial charge in [0.2, 0.25) is 5.91 Å². The van der Waals surface area contributed by atoms with E-state index in [9.17, 15) is 19.5 Å². The molecule has 1 unspecified atom stereocenters. The maximum Gasteiger partial charge on any atom is 0.356 e. The molecule has 0 aromatic heterocycles. The van der Waals surface area contributed by atoms with Crippen LogP contribution >= 0.6 is 11.8 Å². The van der Waals surface area contributed by atoms with E-state index in [4.69, 9.17) is 4.74 Å². The Morgan fingerprint density at radius 3 is 2.25 bits per heavy atom. The third kappa shape index (κ3) is 5.74. The maximum atomic E-state index is 13.8. The van der Waals surface area contributed by atoms with Crippen molar-refractivity contribution >= 4 is 35.2 Å². The number of allylic oxidation sites excluding steroid dienone is 1. The molecular weight excluding hydrogens is 526 g/mol. The lowest BCUT2D eigenvalue weighted by molar-refractivity contribution is -0.154. The lowest BCUT2D eigenvalue weighted by atomic mass is 10.00. The summed E-state index contributed by atoms with van der Waals surface area (Å²) in [5, 5.41) is 14.7. The summed E-state index contributed by atoms with van der Waals surface area (Å²) in [5.41, 5.74) is 3.27. The largest absolute Gasteiger partial charge is 0.508 e. The molecule has 0 saturated carbocycles. The van der Waals surface area contributed by atoms with Crippen molar-refractivity contribution in [2.24, 2.45) is 0 Å². The second-order valence-corrected chi connectivity index (χ2v) is 10.5. The average molecular weight is 556 g/mol. The summed E-state index contributed by atoms with van der Waals surface area (Å²) in [7, 11) is 0. The molecule has 9 heteroatoms. The van der Waals surface area contributed by atoms with E-state index in [1.54, 1.807) is 18.2 Å². The highest BCUT2D eigenvalue weighted by atomic mass is 32.2. The van der Waals surface area contributed by atoms with E-state index in [1.165, 1.54) is 28.8 Å². The Balaban J connectivity index is 1.32. The van der Waals surface area contributed by atoms with Gasteiger partial charge in [-0.25, -0.2) is 4.79 Å². The third-order valence-electron chi connectivity index (χ3n) is 6.70. The zero-order valence-corrected chi connectivity index (χ0v) is 22.5. The number of esters is 1. The van der Waals surface area contributed by atoms with E-state index >= 15 is 0 Å². The quantitative estimate of drug-likeness (QED) is 0.148. The summed E-state index contributed by atoms with van der Waals surface area (Å²) < 4.78 is 6.10. The first kappa shape index (κ1) is 27.1. The zero-order chi connectivity index (χ0) is 28.1. The van der Waals surface area contributed by atoms with Crippen molar-refractivity contribution in [3.05, 3.63) is 120 Å². The molecule has 3 N–H and O–H groups in total. The maximum absolute atomic E-state index is 13.8. The number of nitrogens with zero attached hydrogens (tertiary/aromatic N) is 1. The number of β-lactam (4-membered cyclic amide) rings is 1. The molecule has 2 amide bonds. The SMILES string of the molecule is C=CCC1=C(C(=O)OC(c2ccccc2)c2ccccc2)N2C(=O)C(NC(=O)CNc3ccc(O)cc3)[C@@H]2SC1. The number of amides is 2. The van der Waals surface area contributed by atoms with Gasteiger partial charge in [0.1, 0.15) is 22.9 Å². The van der Waals surface area contributed by atoms with Crippen LogP contribution in [0.25, 0.3) is 0 Å². The fourth-order valence-electron chi connectivity index (χ4n) is 4.74. The highest BCUT2D eigenvalue weighted by Gasteiger charge is 2.54. The predicted octanol–water partition coefficient (Wildman–Crippen LogP) is 4.37. The van der Waals surface area contributed by atoms with Gasteiger partial charge in [-0.1, -0.05) is 66.7 Å². The topological polar surface area (TPSA) is 108 Å². The van der Waals surface area contributed by atoms with Crippen LogP contribution in [0.3, 0.4) is 0 Å². The first-order valence-electron chi connectivity index (χ1n) is 12.9. The van der Waals surface area contributed by atoms with E-state index in [2.05, 4.69) is 17.2 Å². The number of anilines is 1. The Morgan fingerprint density at radius 2 is 1.65 bits per heavy atom. The Bertz CT molecular complexity index is 1390. The fraction of sp³-hybridized carbons (Fsp3) is 0.194.